The number of β-amino-alcohol motifs (C(OH)–C–C–N with tert-alkyl or cyclic N) is 1. The van der Waals surface area contributed by atoms with Gasteiger partial charge in [0, 0.05) is 24.2 Å². The molecule has 1 saturated heterocycles. The number of benzene rings is 2. The third-order valence-corrected chi connectivity index (χ3v) is 6.75. The molecule has 0 unspecified atom stereocenters. The van der Waals surface area contributed by atoms with Gasteiger partial charge in [0.25, 0.3) is 5.89 Å². The van der Waals surface area contributed by atoms with Gasteiger partial charge in [0.1, 0.15) is 11.3 Å². The molecule has 9 nitrogen and oxygen atoms in total. The van der Waals surface area contributed by atoms with Gasteiger partial charge in [-0.1, -0.05) is 64.9 Å². The summed E-state index contributed by atoms with van der Waals surface area (Å²) < 4.78 is 57.3. The Labute approximate surface area is 227 Å². The fourth-order valence-corrected chi connectivity index (χ4v) is 4.80. The second kappa shape index (κ2) is 11.6. The van der Waals surface area contributed by atoms with E-state index in [0.29, 0.717) is 30.8 Å². The Balaban J connectivity index is 1.30. The molecule has 1 aliphatic heterocycles. The van der Waals surface area contributed by atoms with Gasteiger partial charge in [-0.15, -0.1) is 0 Å². The van der Waals surface area contributed by atoms with Crippen LogP contribution >= 0.6 is 0 Å². The van der Waals surface area contributed by atoms with Crippen molar-refractivity contribution >= 4 is 5.97 Å². The summed E-state index contributed by atoms with van der Waals surface area (Å²) in [4.78, 5) is 18.3. The predicted octanol–water partition coefficient (Wildman–Crippen LogP) is 5.39. The van der Waals surface area contributed by atoms with Crippen LogP contribution in [0.2, 0.25) is 0 Å². The highest BCUT2D eigenvalue weighted by Crippen LogP contribution is 2.43. The van der Waals surface area contributed by atoms with Crippen LogP contribution in [0, 0.1) is 5.92 Å². The summed E-state index contributed by atoms with van der Waals surface area (Å²) in [6.07, 6.45) is -3.99. The summed E-state index contributed by atoms with van der Waals surface area (Å²) in [5, 5.41) is 18.2. The number of piperidine rings is 1. The lowest BCUT2D eigenvalue weighted by Crippen LogP contribution is -2.41. The maximum absolute atomic E-state index is 14.0. The van der Waals surface area contributed by atoms with Crippen molar-refractivity contribution in [2.75, 3.05) is 26.2 Å². The third-order valence-electron chi connectivity index (χ3n) is 6.75. The number of hydrogen-bond acceptors (Lipinski definition) is 9. The van der Waals surface area contributed by atoms with Gasteiger partial charge in [-0.05, 0) is 31.9 Å². The zero-order valence-electron chi connectivity index (χ0n) is 21.6. The van der Waals surface area contributed by atoms with Crippen LogP contribution in [0.25, 0.3) is 34.3 Å². The van der Waals surface area contributed by atoms with Crippen molar-refractivity contribution in [3.8, 4) is 34.3 Å². The predicted molar refractivity (Wildman–Crippen MR) is 136 cm³/mol. The summed E-state index contributed by atoms with van der Waals surface area (Å²) >= 11 is 0. The first-order chi connectivity index (χ1) is 19.2. The van der Waals surface area contributed by atoms with Crippen molar-refractivity contribution in [1.82, 2.24) is 20.2 Å². The van der Waals surface area contributed by atoms with Crippen LogP contribution in [0.4, 0.5) is 13.2 Å². The Bertz CT molecular complexity index is 1440. The van der Waals surface area contributed by atoms with Crippen LogP contribution in [-0.4, -0.2) is 57.5 Å². The van der Waals surface area contributed by atoms with E-state index in [0.717, 1.165) is 19.4 Å². The zero-order chi connectivity index (χ0) is 28.3. The van der Waals surface area contributed by atoms with Crippen LogP contribution in [0.3, 0.4) is 0 Å². The molecule has 5 rings (SSSR count). The van der Waals surface area contributed by atoms with E-state index in [1.165, 1.54) is 12.1 Å². The number of aliphatic hydroxyl groups is 1. The maximum atomic E-state index is 14.0. The molecule has 1 N–H and O–H groups in total. The van der Waals surface area contributed by atoms with Crippen molar-refractivity contribution in [1.29, 1.82) is 0 Å². The molecule has 2 atom stereocenters. The van der Waals surface area contributed by atoms with Crippen molar-refractivity contribution in [3.63, 3.8) is 0 Å². The molecular formula is C28H27F3N4O5. The fourth-order valence-electron chi connectivity index (χ4n) is 4.80. The zero-order valence-corrected chi connectivity index (χ0v) is 21.6. The summed E-state index contributed by atoms with van der Waals surface area (Å²) in [5.41, 5.74) is -0.131. The van der Waals surface area contributed by atoms with Crippen LogP contribution in [-0.2, 0) is 15.7 Å². The van der Waals surface area contributed by atoms with Gasteiger partial charge in [0.2, 0.25) is 11.6 Å². The van der Waals surface area contributed by atoms with Gasteiger partial charge < -0.3 is 18.9 Å². The minimum Gasteiger partial charge on any atom is -0.466 e. The number of likely N-dealkylation sites (tertiary alicyclic amines) is 1. The average molecular weight is 557 g/mol. The number of nitrogens with zero attached hydrogens (tertiary/aromatic N) is 4. The fraction of sp³-hybridized carbons (Fsp3) is 0.357. The first-order valence-corrected chi connectivity index (χ1v) is 12.9. The molecule has 0 radical (unpaired) electrons. The lowest BCUT2D eigenvalue weighted by atomic mass is 9.97. The molecule has 40 heavy (non-hydrogen) atoms. The standard InChI is InChI=1S/C28H27F3N4O5/c1-2-38-27(37)20-9-6-14-35(15-20)16-21(36)17-10-12-19(13-11-17)25-32-26(40-34-25)24-22(28(29,30)31)23(33-39-24)18-7-4-3-5-8-18/h3-5,7-8,10-13,20-21,36H,2,6,9,14-16H2,1H3/t20-,21+/m0/s1. The molecule has 1 fully saturated rings. The number of rotatable bonds is 8. The second-order valence-electron chi connectivity index (χ2n) is 9.51. The van der Waals surface area contributed by atoms with Gasteiger partial charge >= 0.3 is 12.1 Å². The highest BCUT2D eigenvalue weighted by molar-refractivity contribution is 5.73. The lowest BCUT2D eigenvalue weighted by molar-refractivity contribution is -0.150. The number of hydrogen-bond donors (Lipinski definition) is 1. The monoisotopic (exact) mass is 556 g/mol. The molecule has 0 aliphatic carbocycles. The number of carbonyl (C=O) groups excluding carboxylic acids is 1. The number of aromatic nitrogens is 3. The largest absolute Gasteiger partial charge is 0.466 e. The van der Waals surface area contributed by atoms with E-state index >= 15 is 0 Å². The Hall–Kier alpha value is -4.03. The number of halogens is 3. The summed E-state index contributed by atoms with van der Waals surface area (Å²) in [6, 6.07) is 14.5. The highest BCUT2D eigenvalue weighted by Gasteiger charge is 2.43. The van der Waals surface area contributed by atoms with Crippen LogP contribution in [0.5, 0.6) is 0 Å². The van der Waals surface area contributed by atoms with E-state index in [1.54, 1.807) is 49.4 Å². The van der Waals surface area contributed by atoms with E-state index in [4.69, 9.17) is 13.8 Å². The Morgan fingerprint density at radius 2 is 1.85 bits per heavy atom. The van der Waals surface area contributed by atoms with Gasteiger partial charge in [-0.25, -0.2) is 0 Å². The molecule has 210 valence electrons. The minimum atomic E-state index is -4.78. The summed E-state index contributed by atoms with van der Waals surface area (Å²) in [6.45, 7) is 3.74. The van der Waals surface area contributed by atoms with E-state index in [1.807, 2.05) is 4.90 Å². The number of esters is 1. The molecular weight excluding hydrogens is 529 g/mol. The molecule has 0 saturated carbocycles. The molecule has 0 spiro atoms. The first kappa shape index (κ1) is 27.5. The molecule has 2 aromatic heterocycles. The molecule has 1 aliphatic rings. The SMILES string of the molecule is CCOC(=O)[C@H]1CCCN(C[C@@H](O)c2ccc(-c3noc(-c4onc(-c5ccccc5)c4C(F)(F)F)n3)cc2)C1. The topological polar surface area (TPSA) is 115 Å². The molecule has 0 amide bonds. The van der Waals surface area contributed by atoms with E-state index in [9.17, 15) is 23.1 Å². The van der Waals surface area contributed by atoms with Crippen LogP contribution < -0.4 is 0 Å². The average Bonchev–Trinajstić information content (AvgIpc) is 3.62. The van der Waals surface area contributed by atoms with Gasteiger partial charge in [-0.3, -0.25) is 9.69 Å². The summed E-state index contributed by atoms with van der Waals surface area (Å²) in [5.74, 6) is -1.49. The highest BCUT2D eigenvalue weighted by atomic mass is 19.4. The smallest absolute Gasteiger partial charge is 0.422 e. The molecule has 3 heterocycles. The molecule has 12 heteroatoms. The summed E-state index contributed by atoms with van der Waals surface area (Å²) in [7, 11) is 0. The van der Waals surface area contributed by atoms with Gasteiger partial charge in [0.15, 0.2) is 0 Å². The van der Waals surface area contributed by atoms with E-state index in [2.05, 4.69) is 15.3 Å². The van der Waals surface area contributed by atoms with Gasteiger partial charge in [0.05, 0.1) is 18.6 Å². The van der Waals surface area contributed by atoms with E-state index in [-0.39, 0.29) is 29.0 Å². The second-order valence-corrected chi connectivity index (χ2v) is 9.51. The first-order valence-electron chi connectivity index (χ1n) is 12.9. The van der Waals surface area contributed by atoms with Crippen LogP contribution in [0.15, 0.2) is 63.6 Å². The van der Waals surface area contributed by atoms with E-state index < -0.39 is 29.5 Å². The number of alkyl halides is 3. The Morgan fingerprint density at radius 1 is 1.10 bits per heavy atom. The maximum Gasteiger partial charge on any atom is 0.422 e. The van der Waals surface area contributed by atoms with Crippen molar-refractivity contribution in [3.05, 3.63) is 65.7 Å². The van der Waals surface area contributed by atoms with Crippen LogP contribution in [0.1, 0.15) is 37.0 Å². The minimum absolute atomic E-state index is 0.0511. The van der Waals surface area contributed by atoms with Crippen molar-refractivity contribution < 1.29 is 36.9 Å². The Kier molecular flexibility index (Phi) is 7.99. The number of ether oxygens (including phenoxy) is 1. The Morgan fingerprint density at radius 3 is 2.55 bits per heavy atom. The molecule has 4 aromatic rings. The van der Waals surface area contributed by atoms with Gasteiger partial charge in [-0.2, -0.15) is 18.2 Å². The number of aliphatic hydroxyl groups excluding tert-OH is 1. The third kappa shape index (κ3) is 5.92. The molecule has 0 bridgehead atoms. The molecule has 2 aromatic carbocycles. The normalized spacial score (nSPS) is 17.1. The number of carbonyl (C=O) groups is 1. The van der Waals surface area contributed by atoms with Crippen molar-refractivity contribution in [2.24, 2.45) is 5.92 Å². The van der Waals surface area contributed by atoms with Crippen molar-refractivity contribution in [2.45, 2.75) is 32.0 Å². The quantitative estimate of drug-likeness (QED) is 0.286. The lowest BCUT2D eigenvalue weighted by Gasteiger charge is -2.32.